The van der Waals surface area contributed by atoms with E-state index in [0.717, 1.165) is 20.8 Å². The molecule has 0 aliphatic rings. The van der Waals surface area contributed by atoms with Crippen molar-refractivity contribution in [3.05, 3.63) is 45.1 Å². The molecule has 1 aromatic heterocycles. The maximum Gasteiger partial charge on any atom is 0.245 e. The maximum atomic E-state index is 11.6. The van der Waals surface area contributed by atoms with Crippen LogP contribution in [0.1, 0.15) is 10.9 Å². The van der Waals surface area contributed by atoms with Crippen molar-refractivity contribution in [3.8, 4) is 5.75 Å². The van der Waals surface area contributed by atoms with E-state index in [1.54, 1.807) is 7.11 Å². The molecular formula is C13H13BrN2O2S. The lowest BCUT2D eigenvalue weighted by Gasteiger charge is -2.15. The molecular weight excluding hydrogens is 328 g/mol. The zero-order valence-electron chi connectivity index (χ0n) is 10.2. The number of hydrogen-bond acceptors (Lipinski definition) is 4. The number of anilines is 1. The summed E-state index contributed by atoms with van der Waals surface area (Å²) in [6.07, 6.45) is 0. The van der Waals surface area contributed by atoms with Crippen molar-refractivity contribution in [2.45, 2.75) is 6.04 Å². The number of amides is 1. The smallest absolute Gasteiger partial charge is 0.245 e. The average molecular weight is 341 g/mol. The Hall–Kier alpha value is -1.53. The Labute approximate surface area is 123 Å². The number of benzene rings is 1. The molecule has 1 atom stereocenters. The first-order valence-electron chi connectivity index (χ1n) is 5.54. The van der Waals surface area contributed by atoms with Gasteiger partial charge in [-0.15, -0.1) is 11.3 Å². The summed E-state index contributed by atoms with van der Waals surface area (Å²) in [5.41, 5.74) is 6.24. The second-order valence-electron chi connectivity index (χ2n) is 3.88. The Kier molecular flexibility index (Phi) is 4.44. The monoisotopic (exact) mass is 340 g/mol. The number of carbonyl (C=O) groups is 1. The summed E-state index contributed by atoms with van der Waals surface area (Å²) in [5, 5.41) is 5.03. The van der Waals surface area contributed by atoms with E-state index < -0.39 is 11.9 Å². The van der Waals surface area contributed by atoms with Gasteiger partial charge in [0.15, 0.2) is 0 Å². The Morgan fingerprint density at radius 2 is 2.26 bits per heavy atom. The first-order chi connectivity index (χ1) is 9.10. The van der Waals surface area contributed by atoms with Crippen LogP contribution in [0.5, 0.6) is 5.75 Å². The SMILES string of the molecule is COc1cccc(NC(C(N)=O)c2cc(Br)cs2)c1. The van der Waals surface area contributed by atoms with Gasteiger partial charge in [-0.3, -0.25) is 4.79 Å². The molecule has 2 aromatic rings. The molecule has 1 aromatic carbocycles. The van der Waals surface area contributed by atoms with Crippen LogP contribution in [-0.4, -0.2) is 13.0 Å². The molecule has 0 spiro atoms. The van der Waals surface area contributed by atoms with Crippen molar-refractivity contribution in [2.24, 2.45) is 5.73 Å². The molecule has 0 radical (unpaired) electrons. The van der Waals surface area contributed by atoms with Crippen molar-refractivity contribution in [3.63, 3.8) is 0 Å². The van der Waals surface area contributed by atoms with E-state index in [4.69, 9.17) is 10.5 Å². The van der Waals surface area contributed by atoms with Crippen molar-refractivity contribution in [2.75, 3.05) is 12.4 Å². The minimum absolute atomic E-state index is 0.419. The highest BCUT2D eigenvalue weighted by atomic mass is 79.9. The molecule has 0 aliphatic heterocycles. The second kappa shape index (κ2) is 6.08. The number of thiophene rings is 1. The molecule has 0 saturated carbocycles. The summed E-state index contributed by atoms with van der Waals surface area (Å²) in [7, 11) is 1.60. The van der Waals surface area contributed by atoms with Crippen LogP contribution in [0.3, 0.4) is 0 Å². The van der Waals surface area contributed by atoms with Gasteiger partial charge in [0.1, 0.15) is 11.8 Å². The third-order valence-electron chi connectivity index (χ3n) is 2.54. The van der Waals surface area contributed by atoms with E-state index in [0.29, 0.717) is 0 Å². The molecule has 0 fully saturated rings. The Morgan fingerprint density at radius 3 is 2.84 bits per heavy atom. The van der Waals surface area contributed by atoms with Gasteiger partial charge < -0.3 is 15.8 Å². The van der Waals surface area contributed by atoms with E-state index in [1.807, 2.05) is 35.7 Å². The standard InChI is InChI=1S/C13H13BrN2O2S/c1-18-10-4-2-3-9(6-10)16-12(13(15)17)11-5-8(14)7-19-11/h2-7,12,16H,1H3,(H2,15,17). The van der Waals surface area contributed by atoms with Crippen molar-refractivity contribution < 1.29 is 9.53 Å². The minimum Gasteiger partial charge on any atom is -0.497 e. The highest BCUT2D eigenvalue weighted by Crippen LogP contribution is 2.29. The van der Waals surface area contributed by atoms with Gasteiger partial charge in [-0.2, -0.15) is 0 Å². The van der Waals surface area contributed by atoms with Crippen LogP contribution in [0.25, 0.3) is 0 Å². The van der Waals surface area contributed by atoms with Crippen molar-refractivity contribution in [1.29, 1.82) is 0 Å². The topological polar surface area (TPSA) is 64.3 Å². The average Bonchev–Trinajstić information content (AvgIpc) is 2.82. The zero-order valence-corrected chi connectivity index (χ0v) is 12.6. The van der Waals surface area contributed by atoms with Crippen LogP contribution in [0, 0.1) is 0 Å². The number of nitrogens with two attached hydrogens (primary N) is 1. The van der Waals surface area contributed by atoms with Crippen LogP contribution in [0.4, 0.5) is 5.69 Å². The van der Waals surface area contributed by atoms with Crippen molar-refractivity contribution in [1.82, 2.24) is 0 Å². The van der Waals surface area contributed by atoms with Gasteiger partial charge in [-0.25, -0.2) is 0 Å². The predicted molar refractivity (Wildman–Crippen MR) is 80.6 cm³/mol. The predicted octanol–water partition coefficient (Wildman–Crippen LogP) is 3.16. The summed E-state index contributed by atoms with van der Waals surface area (Å²) >= 11 is 4.84. The number of halogens is 1. The summed E-state index contributed by atoms with van der Waals surface area (Å²) in [6, 6.07) is 8.70. The molecule has 100 valence electrons. The molecule has 2 rings (SSSR count). The van der Waals surface area contributed by atoms with Gasteiger partial charge in [0.25, 0.3) is 0 Å². The minimum atomic E-state index is -0.552. The first-order valence-corrected chi connectivity index (χ1v) is 7.21. The number of ether oxygens (including phenoxy) is 1. The molecule has 1 heterocycles. The van der Waals surface area contributed by atoms with E-state index in [2.05, 4.69) is 21.2 Å². The fourth-order valence-electron chi connectivity index (χ4n) is 1.64. The molecule has 3 N–H and O–H groups in total. The van der Waals surface area contributed by atoms with Crippen LogP contribution in [0.15, 0.2) is 40.2 Å². The fourth-order valence-corrected chi connectivity index (χ4v) is 3.14. The zero-order chi connectivity index (χ0) is 13.8. The highest BCUT2D eigenvalue weighted by Gasteiger charge is 2.19. The van der Waals surface area contributed by atoms with Gasteiger partial charge in [-0.05, 0) is 34.1 Å². The molecule has 0 saturated heterocycles. The van der Waals surface area contributed by atoms with Crippen LogP contribution < -0.4 is 15.8 Å². The summed E-state index contributed by atoms with van der Waals surface area (Å²) < 4.78 is 6.08. The van der Waals surface area contributed by atoms with E-state index in [9.17, 15) is 4.79 Å². The number of nitrogens with one attached hydrogen (secondary N) is 1. The quantitative estimate of drug-likeness (QED) is 0.878. The first kappa shape index (κ1) is 13.9. The number of rotatable bonds is 5. The molecule has 0 aliphatic carbocycles. The van der Waals surface area contributed by atoms with Gasteiger partial charge in [0.2, 0.25) is 5.91 Å². The van der Waals surface area contributed by atoms with Gasteiger partial charge >= 0.3 is 0 Å². The van der Waals surface area contributed by atoms with Gasteiger partial charge in [0, 0.05) is 26.5 Å². The van der Waals surface area contributed by atoms with E-state index >= 15 is 0 Å². The Balaban J connectivity index is 2.23. The summed E-state index contributed by atoms with van der Waals surface area (Å²) in [4.78, 5) is 12.5. The molecule has 19 heavy (non-hydrogen) atoms. The lowest BCUT2D eigenvalue weighted by Crippen LogP contribution is -2.26. The normalized spacial score (nSPS) is 11.9. The fraction of sp³-hybridized carbons (Fsp3) is 0.154. The third-order valence-corrected chi connectivity index (χ3v) is 4.30. The lowest BCUT2D eigenvalue weighted by atomic mass is 10.2. The lowest BCUT2D eigenvalue weighted by molar-refractivity contribution is -0.118. The van der Waals surface area contributed by atoms with E-state index in [-0.39, 0.29) is 0 Å². The summed E-state index contributed by atoms with van der Waals surface area (Å²) in [6.45, 7) is 0. The largest absolute Gasteiger partial charge is 0.497 e. The van der Waals surface area contributed by atoms with Gasteiger partial charge in [-0.1, -0.05) is 6.07 Å². The second-order valence-corrected chi connectivity index (χ2v) is 5.74. The Morgan fingerprint density at radius 1 is 1.47 bits per heavy atom. The Bertz CT molecular complexity index is 586. The molecule has 1 unspecified atom stereocenters. The number of methoxy groups -OCH3 is 1. The van der Waals surface area contributed by atoms with Crippen molar-refractivity contribution >= 4 is 38.9 Å². The summed E-state index contributed by atoms with van der Waals surface area (Å²) in [5.74, 6) is 0.303. The third kappa shape index (κ3) is 3.48. The number of carbonyl (C=O) groups excluding carboxylic acids is 1. The van der Waals surface area contributed by atoms with Crippen LogP contribution >= 0.6 is 27.3 Å². The number of hydrogen-bond donors (Lipinski definition) is 2. The van der Waals surface area contributed by atoms with Crippen LogP contribution in [-0.2, 0) is 4.79 Å². The van der Waals surface area contributed by atoms with Gasteiger partial charge in [0.05, 0.1) is 7.11 Å². The molecule has 1 amide bonds. The van der Waals surface area contributed by atoms with Crippen LogP contribution in [0.2, 0.25) is 0 Å². The van der Waals surface area contributed by atoms with E-state index in [1.165, 1.54) is 11.3 Å². The highest BCUT2D eigenvalue weighted by molar-refractivity contribution is 9.10. The molecule has 0 bridgehead atoms. The maximum absolute atomic E-state index is 11.6. The molecule has 6 heteroatoms. The number of primary amides is 1. The molecule has 4 nitrogen and oxygen atoms in total.